The zero-order chi connectivity index (χ0) is 18.0. The third-order valence-corrected chi connectivity index (χ3v) is 5.74. The summed E-state index contributed by atoms with van der Waals surface area (Å²) in [6.45, 7) is 1.97. The van der Waals surface area contributed by atoms with Gasteiger partial charge in [-0.3, -0.25) is 4.79 Å². The number of esters is 1. The highest BCUT2D eigenvalue weighted by Gasteiger charge is 2.43. The molecule has 0 aliphatic carbocycles. The zero-order valence-electron chi connectivity index (χ0n) is 13.9. The van der Waals surface area contributed by atoms with Gasteiger partial charge >= 0.3 is 5.97 Å². The average molecular weight is 376 g/mol. The Kier molecular flexibility index (Phi) is 5.35. The first-order chi connectivity index (χ1) is 12.0. The number of hydrogen-bond donors (Lipinski definition) is 0. The number of thioether (sulfide) groups is 1. The molecule has 0 bridgehead atoms. The number of aryl methyl sites for hydroxylation is 1. The van der Waals surface area contributed by atoms with Crippen LogP contribution in [0.2, 0.25) is 5.02 Å². The van der Waals surface area contributed by atoms with Crippen molar-refractivity contribution in [3.63, 3.8) is 0 Å². The van der Waals surface area contributed by atoms with Crippen LogP contribution < -0.4 is 0 Å². The second kappa shape index (κ2) is 7.50. The molecule has 0 saturated carbocycles. The van der Waals surface area contributed by atoms with Gasteiger partial charge in [-0.1, -0.05) is 41.4 Å². The van der Waals surface area contributed by atoms with Crippen LogP contribution in [0.15, 0.2) is 48.5 Å². The quantitative estimate of drug-likeness (QED) is 0.758. The molecule has 0 spiro atoms. The van der Waals surface area contributed by atoms with E-state index in [-0.39, 0.29) is 11.3 Å². The summed E-state index contributed by atoms with van der Waals surface area (Å²) in [7, 11) is 1.34. The van der Waals surface area contributed by atoms with Gasteiger partial charge in [-0.05, 0) is 36.8 Å². The molecule has 0 N–H and O–H groups in total. The second-order valence-electron chi connectivity index (χ2n) is 5.85. The van der Waals surface area contributed by atoms with Gasteiger partial charge in [0.05, 0.1) is 7.11 Å². The summed E-state index contributed by atoms with van der Waals surface area (Å²) in [6, 6.07) is 14.1. The van der Waals surface area contributed by atoms with Gasteiger partial charge < -0.3 is 9.64 Å². The highest BCUT2D eigenvalue weighted by atomic mass is 35.5. The fourth-order valence-electron chi connectivity index (χ4n) is 2.80. The summed E-state index contributed by atoms with van der Waals surface area (Å²) < 4.78 is 4.91. The number of ether oxygens (including phenoxy) is 1. The predicted octanol–water partition coefficient (Wildman–Crippen LogP) is 4.08. The molecular formula is C19H18ClNO3S. The number of carbonyl (C=O) groups is 2. The Hall–Kier alpha value is -1.98. The predicted molar refractivity (Wildman–Crippen MR) is 99.8 cm³/mol. The van der Waals surface area contributed by atoms with Crippen LogP contribution in [0.5, 0.6) is 0 Å². The maximum Gasteiger partial charge on any atom is 0.329 e. The van der Waals surface area contributed by atoms with E-state index in [4.69, 9.17) is 16.3 Å². The minimum Gasteiger partial charge on any atom is -0.467 e. The molecule has 6 heteroatoms. The molecule has 4 nitrogen and oxygen atoms in total. The molecule has 1 saturated heterocycles. The highest BCUT2D eigenvalue weighted by molar-refractivity contribution is 7.99. The van der Waals surface area contributed by atoms with Gasteiger partial charge in [-0.25, -0.2) is 4.79 Å². The van der Waals surface area contributed by atoms with Crippen molar-refractivity contribution < 1.29 is 14.3 Å². The van der Waals surface area contributed by atoms with E-state index < -0.39 is 12.0 Å². The smallest absolute Gasteiger partial charge is 0.329 e. The molecule has 1 fully saturated rings. The van der Waals surface area contributed by atoms with E-state index in [1.807, 2.05) is 31.2 Å². The van der Waals surface area contributed by atoms with E-state index in [2.05, 4.69) is 0 Å². The normalized spacial score (nSPS) is 19.7. The number of amides is 1. The SMILES string of the molecule is COC(=O)[C@H]1CS[C@H](c2ccc(Cl)cc2)N1C(=O)c1ccc(C)cc1. The summed E-state index contributed by atoms with van der Waals surface area (Å²) in [4.78, 5) is 26.9. The lowest BCUT2D eigenvalue weighted by atomic mass is 10.1. The summed E-state index contributed by atoms with van der Waals surface area (Å²) in [5.74, 6) is -0.0813. The lowest BCUT2D eigenvalue weighted by Gasteiger charge is -2.28. The molecular weight excluding hydrogens is 358 g/mol. The highest BCUT2D eigenvalue weighted by Crippen LogP contribution is 2.42. The van der Waals surface area contributed by atoms with Crippen LogP contribution in [0.3, 0.4) is 0 Å². The summed E-state index contributed by atoms with van der Waals surface area (Å²) in [5.41, 5.74) is 2.56. The number of rotatable bonds is 3. The lowest BCUT2D eigenvalue weighted by Crippen LogP contribution is -2.43. The number of benzene rings is 2. The molecule has 2 aromatic carbocycles. The Bertz CT molecular complexity index is 776. The van der Waals surface area contributed by atoms with Crippen molar-refractivity contribution >= 4 is 35.2 Å². The number of carbonyl (C=O) groups excluding carboxylic acids is 2. The van der Waals surface area contributed by atoms with E-state index in [9.17, 15) is 9.59 Å². The summed E-state index contributed by atoms with van der Waals surface area (Å²) in [6.07, 6.45) is 0. The van der Waals surface area contributed by atoms with Crippen LogP contribution in [-0.4, -0.2) is 35.7 Å². The first-order valence-corrected chi connectivity index (χ1v) is 9.28. The van der Waals surface area contributed by atoms with Gasteiger partial charge in [-0.2, -0.15) is 0 Å². The third kappa shape index (κ3) is 3.67. The fourth-order valence-corrected chi connectivity index (χ4v) is 4.34. The molecule has 2 aromatic rings. The molecule has 1 amide bonds. The number of methoxy groups -OCH3 is 1. The Balaban J connectivity index is 1.97. The van der Waals surface area contributed by atoms with E-state index in [0.717, 1.165) is 11.1 Å². The van der Waals surface area contributed by atoms with Gasteiger partial charge in [0.1, 0.15) is 11.4 Å². The van der Waals surface area contributed by atoms with Gasteiger partial charge in [-0.15, -0.1) is 11.8 Å². The molecule has 1 heterocycles. The van der Waals surface area contributed by atoms with Crippen molar-refractivity contribution in [2.75, 3.05) is 12.9 Å². The Morgan fingerprint density at radius 3 is 2.36 bits per heavy atom. The number of hydrogen-bond acceptors (Lipinski definition) is 4. The van der Waals surface area contributed by atoms with Crippen LogP contribution in [0, 0.1) is 6.92 Å². The van der Waals surface area contributed by atoms with E-state index in [0.29, 0.717) is 16.3 Å². The van der Waals surface area contributed by atoms with Crippen molar-refractivity contribution in [1.29, 1.82) is 0 Å². The molecule has 0 aromatic heterocycles. The van der Waals surface area contributed by atoms with Gasteiger partial charge in [0.25, 0.3) is 5.91 Å². The minimum absolute atomic E-state index is 0.180. The lowest BCUT2D eigenvalue weighted by molar-refractivity contribution is -0.145. The molecule has 1 aliphatic rings. The van der Waals surface area contributed by atoms with Gasteiger partial charge in [0, 0.05) is 16.3 Å². The molecule has 130 valence electrons. The van der Waals surface area contributed by atoms with Gasteiger partial charge in [0.15, 0.2) is 0 Å². The topological polar surface area (TPSA) is 46.6 Å². The molecule has 1 aliphatic heterocycles. The van der Waals surface area contributed by atoms with Crippen molar-refractivity contribution in [3.8, 4) is 0 Å². The zero-order valence-corrected chi connectivity index (χ0v) is 15.5. The number of nitrogens with zero attached hydrogens (tertiary/aromatic N) is 1. The largest absolute Gasteiger partial charge is 0.467 e. The number of halogens is 1. The van der Waals surface area contributed by atoms with Crippen molar-refractivity contribution in [1.82, 2.24) is 4.90 Å². The minimum atomic E-state index is -0.607. The monoisotopic (exact) mass is 375 g/mol. The molecule has 2 atom stereocenters. The molecule has 25 heavy (non-hydrogen) atoms. The van der Waals surface area contributed by atoms with Crippen LogP contribution >= 0.6 is 23.4 Å². The molecule has 0 unspecified atom stereocenters. The standard InChI is InChI=1S/C19H18ClNO3S/c1-12-3-5-13(6-4-12)17(22)21-16(19(23)24-2)11-25-18(21)14-7-9-15(20)10-8-14/h3-10,16,18H,11H2,1-2H3/t16-,18-/m1/s1. The van der Waals surface area contributed by atoms with Crippen LogP contribution in [-0.2, 0) is 9.53 Å². The molecule has 3 rings (SSSR count). The Morgan fingerprint density at radius 1 is 1.12 bits per heavy atom. The first-order valence-electron chi connectivity index (χ1n) is 7.85. The summed E-state index contributed by atoms with van der Waals surface area (Å²) >= 11 is 7.52. The first kappa shape index (κ1) is 17.8. The Labute approximate surface area is 156 Å². The Morgan fingerprint density at radius 2 is 1.76 bits per heavy atom. The van der Waals surface area contributed by atoms with Crippen molar-refractivity contribution in [3.05, 3.63) is 70.2 Å². The average Bonchev–Trinajstić information content (AvgIpc) is 3.06. The van der Waals surface area contributed by atoms with Crippen LogP contribution in [0.25, 0.3) is 0 Å². The van der Waals surface area contributed by atoms with E-state index >= 15 is 0 Å². The van der Waals surface area contributed by atoms with E-state index in [1.165, 1.54) is 7.11 Å². The van der Waals surface area contributed by atoms with Crippen molar-refractivity contribution in [2.24, 2.45) is 0 Å². The maximum absolute atomic E-state index is 13.1. The fraction of sp³-hybridized carbons (Fsp3) is 0.263. The van der Waals surface area contributed by atoms with Crippen LogP contribution in [0.1, 0.15) is 26.9 Å². The van der Waals surface area contributed by atoms with Crippen LogP contribution in [0.4, 0.5) is 0 Å². The third-order valence-electron chi connectivity index (χ3n) is 4.16. The van der Waals surface area contributed by atoms with Gasteiger partial charge in [0.2, 0.25) is 0 Å². The maximum atomic E-state index is 13.1. The summed E-state index contributed by atoms with van der Waals surface area (Å²) in [5, 5.41) is 0.378. The van der Waals surface area contributed by atoms with E-state index in [1.54, 1.807) is 40.9 Å². The van der Waals surface area contributed by atoms with Crippen molar-refractivity contribution in [2.45, 2.75) is 18.3 Å². The molecule has 0 radical (unpaired) electrons. The second-order valence-corrected chi connectivity index (χ2v) is 7.40.